The molecule has 0 aliphatic heterocycles. The van der Waals surface area contributed by atoms with Gasteiger partial charge in [0.2, 0.25) is 0 Å². The molecule has 2 aromatic rings. The standard InChI is InChI=1S/C14H19N3O/c1-3-10(9-18-2)17-13-7-8-16-14-11(13)5-4-6-12(14)15/h4-8,10H,3,9,15H2,1-2H3,(H,16,17). The van der Waals surface area contributed by atoms with Crippen molar-refractivity contribution in [3.05, 3.63) is 30.5 Å². The second-order valence-corrected chi connectivity index (χ2v) is 4.31. The third-order valence-electron chi connectivity index (χ3n) is 3.02. The first-order valence-corrected chi connectivity index (χ1v) is 6.15. The Balaban J connectivity index is 2.36. The monoisotopic (exact) mass is 245 g/mol. The topological polar surface area (TPSA) is 60.2 Å². The van der Waals surface area contributed by atoms with Gasteiger partial charge in [0.25, 0.3) is 0 Å². The van der Waals surface area contributed by atoms with E-state index in [1.165, 1.54) is 0 Å². The fourth-order valence-corrected chi connectivity index (χ4v) is 2.01. The molecular formula is C14H19N3O. The Kier molecular flexibility index (Phi) is 3.99. The number of benzene rings is 1. The second-order valence-electron chi connectivity index (χ2n) is 4.31. The molecular weight excluding hydrogens is 226 g/mol. The Morgan fingerprint density at radius 3 is 2.94 bits per heavy atom. The van der Waals surface area contributed by atoms with Crippen LogP contribution in [0.4, 0.5) is 11.4 Å². The molecule has 96 valence electrons. The lowest BCUT2D eigenvalue weighted by molar-refractivity contribution is 0.184. The molecule has 3 N–H and O–H groups in total. The molecule has 1 aromatic carbocycles. The van der Waals surface area contributed by atoms with Crippen LogP contribution in [0.15, 0.2) is 30.5 Å². The van der Waals surface area contributed by atoms with Gasteiger partial charge in [0.05, 0.1) is 17.8 Å². The van der Waals surface area contributed by atoms with E-state index < -0.39 is 0 Å². The number of nitrogen functional groups attached to an aromatic ring is 1. The van der Waals surface area contributed by atoms with Crippen molar-refractivity contribution in [2.45, 2.75) is 19.4 Å². The van der Waals surface area contributed by atoms with Gasteiger partial charge < -0.3 is 15.8 Å². The summed E-state index contributed by atoms with van der Waals surface area (Å²) in [6, 6.07) is 8.11. The van der Waals surface area contributed by atoms with Crippen molar-refractivity contribution in [3.63, 3.8) is 0 Å². The Hall–Kier alpha value is -1.81. The van der Waals surface area contributed by atoms with Gasteiger partial charge in [-0.1, -0.05) is 19.1 Å². The van der Waals surface area contributed by atoms with Crippen molar-refractivity contribution >= 4 is 22.3 Å². The Morgan fingerprint density at radius 1 is 1.39 bits per heavy atom. The lowest BCUT2D eigenvalue weighted by Gasteiger charge is -2.18. The van der Waals surface area contributed by atoms with E-state index in [2.05, 4.69) is 17.2 Å². The molecule has 0 saturated heterocycles. The number of anilines is 2. The average molecular weight is 245 g/mol. The van der Waals surface area contributed by atoms with Crippen LogP contribution in [0.5, 0.6) is 0 Å². The van der Waals surface area contributed by atoms with Crippen molar-refractivity contribution < 1.29 is 4.74 Å². The molecule has 1 unspecified atom stereocenters. The summed E-state index contributed by atoms with van der Waals surface area (Å²) in [5, 5.41) is 4.53. The molecule has 0 bridgehead atoms. The van der Waals surface area contributed by atoms with Crippen LogP contribution in [-0.2, 0) is 4.74 Å². The van der Waals surface area contributed by atoms with Gasteiger partial charge in [0, 0.05) is 30.4 Å². The molecule has 18 heavy (non-hydrogen) atoms. The number of pyridine rings is 1. The predicted octanol–water partition coefficient (Wildman–Crippen LogP) is 2.65. The highest BCUT2D eigenvalue weighted by Gasteiger charge is 2.09. The van der Waals surface area contributed by atoms with Gasteiger partial charge in [-0.2, -0.15) is 0 Å². The number of nitrogens with two attached hydrogens (primary N) is 1. The zero-order valence-corrected chi connectivity index (χ0v) is 10.8. The number of nitrogens with one attached hydrogen (secondary N) is 1. The van der Waals surface area contributed by atoms with Crippen molar-refractivity contribution in [2.24, 2.45) is 0 Å². The molecule has 1 aromatic heterocycles. The molecule has 0 aliphatic rings. The first kappa shape index (κ1) is 12.6. The summed E-state index contributed by atoms with van der Waals surface area (Å²) in [5.41, 5.74) is 8.53. The van der Waals surface area contributed by atoms with Crippen LogP contribution in [-0.4, -0.2) is 24.7 Å². The predicted molar refractivity (Wildman–Crippen MR) is 75.7 cm³/mol. The summed E-state index contributed by atoms with van der Waals surface area (Å²) in [5.74, 6) is 0. The minimum atomic E-state index is 0.294. The maximum Gasteiger partial charge on any atom is 0.0951 e. The summed E-state index contributed by atoms with van der Waals surface area (Å²) in [6.45, 7) is 2.82. The molecule has 1 atom stereocenters. The van der Waals surface area contributed by atoms with E-state index in [0.29, 0.717) is 18.3 Å². The largest absolute Gasteiger partial charge is 0.397 e. The number of para-hydroxylation sites is 1. The van der Waals surface area contributed by atoms with Crippen LogP contribution >= 0.6 is 0 Å². The molecule has 0 spiro atoms. The molecule has 1 heterocycles. The molecule has 4 nitrogen and oxygen atoms in total. The summed E-state index contributed by atoms with van der Waals surface area (Å²) in [7, 11) is 1.72. The van der Waals surface area contributed by atoms with Crippen molar-refractivity contribution in [1.29, 1.82) is 0 Å². The number of ether oxygens (including phenoxy) is 1. The molecule has 0 amide bonds. The first-order chi connectivity index (χ1) is 8.76. The first-order valence-electron chi connectivity index (χ1n) is 6.15. The zero-order valence-electron chi connectivity index (χ0n) is 10.8. The fourth-order valence-electron chi connectivity index (χ4n) is 2.01. The van der Waals surface area contributed by atoms with E-state index in [-0.39, 0.29) is 0 Å². The minimum absolute atomic E-state index is 0.294. The van der Waals surface area contributed by atoms with Gasteiger partial charge >= 0.3 is 0 Å². The number of fused-ring (bicyclic) bond motifs is 1. The Bertz CT molecular complexity index is 527. The Morgan fingerprint density at radius 2 is 2.22 bits per heavy atom. The van der Waals surface area contributed by atoms with Gasteiger partial charge in [-0.05, 0) is 18.6 Å². The van der Waals surface area contributed by atoms with Crippen LogP contribution in [0.2, 0.25) is 0 Å². The quantitative estimate of drug-likeness (QED) is 0.795. The third kappa shape index (κ3) is 2.54. The van der Waals surface area contributed by atoms with Crippen LogP contribution in [0.3, 0.4) is 0 Å². The fraction of sp³-hybridized carbons (Fsp3) is 0.357. The molecule has 0 fully saturated rings. The highest BCUT2D eigenvalue weighted by molar-refractivity contribution is 5.97. The summed E-state index contributed by atoms with van der Waals surface area (Å²) >= 11 is 0. The van der Waals surface area contributed by atoms with E-state index in [1.807, 2.05) is 24.3 Å². The highest BCUT2D eigenvalue weighted by Crippen LogP contribution is 2.26. The van der Waals surface area contributed by atoms with E-state index in [0.717, 1.165) is 23.0 Å². The maximum atomic E-state index is 5.93. The second kappa shape index (κ2) is 5.69. The number of hydrogen-bond donors (Lipinski definition) is 2. The number of aromatic nitrogens is 1. The normalized spacial score (nSPS) is 12.6. The van der Waals surface area contributed by atoms with Crippen LogP contribution in [0.25, 0.3) is 10.9 Å². The smallest absolute Gasteiger partial charge is 0.0951 e. The summed E-state index contributed by atoms with van der Waals surface area (Å²) in [4.78, 5) is 4.32. The van der Waals surface area contributed by atoms with E-state index in [1.54, 1.807) is 13.3 Å². The van der Waals surface area contributed by atoms with Gasteiger partial charge in [-0.15, -0.1) is 0 Å². The number of hydrogen-bond acceptors (Lipinski definition) is 4. The molecule has 0 radical (unpaired) electrons. The van der Waals surface area contributed by atoms with Crippen LogP contribution in [0, 0.1) is 0 Å². The SMILES string of the molecule is CCC(COC)Nc1ccnc2c(N)cccc12. The molecule has 4 heteroatoms. The lowest BCUT2D eigenvalue weighted by atomic mass is 10.1. The Labute approximate surface area is 107 Å². The van der Waals surface area contributed by atoms with Crippen molar-refractivity contribution in [1.82, 2.24) is 4.98 Å². The van der Waals surface area contributed by atoms with Gasteiger partial charge in [-0.3, -0.25) is 4.98 Å². The molecule has 0 saturated carbocycles. The van der Waals surface area contributed by atoms with Gasteiger partial charge in [0.15, 0.2) is 0 Å². The maximum absolute atomic E-state index is 5.93. The highest BCUT2D eigenvalue weighted by atomic mass is 16.5. The number of rotatable bonds is 5. The van der Waals surface area contributed by atoms with Gasteiger partial charge in [-0.25, -0.2) is 0 Å². The van der Waals surface area contributed by atoms with Crippen LogP contribution in [0.1, 0.15) is 13.3 Å². The zero-order chi connectivity index (χ0) is 13.0. The third-order valence-corrected chi connectivity index (χ3v) is 3.02. The summed E-state index contributed by atoms with van der Waals surface area (Å²) in [6.07, 6.45) is 2.78. The number of nitrogens with zero attached hydrogens (tertiary/aromatic N) is 1. The van der Waals surface area contributed by atoms with Crippen molar-refractivity contribution in [3.8, 4) is 0 Å². The van der Waals surface area contributed by atoms with Crippen molar-refractivity contribution in [2.75, 3.05) is 24.8 Å². The average Bonchev–Trinajstić information content (AvgIpc) is 2.39. The molecule has 2 rings (SSSR count). The van der Waals surface area contributed by atoms with Crippen LogP contribution < -0.4 is 11.1 Å². The van der Waals surface area contributed by atoms with E-state index >= 15 is 0 Å². The number of methoxy groups -OCH3 is 1. The van der Waals surface area contributed by atoms with E-state index in [4.69, 9.17) is 10.5 Å². The minimum Gasteiger partial charge on any atom is -0.397 e. The van der Waals surface area contributed by atoms with Gasteiger partial charge in [0.1, 0.15) is 0 Å². The van der Waals surface area contributed by atoms with E-state index in [9.17, 15) is 0 Å². The molecule has 0 aliphatic carbocycles. The summed E-state index contributed by atoms with van der Waals surface area (Å²) < 4.78 is 5.20. The lowest BCUT2D eigenvalue weighted by Crippen LogP contribution is -2.24.